The van der Waals surface area contributed by atoms with Crippen LogP contribution in [0, 0.1) is 5.92 Å². The summed E-state index contributed by atoms with van der Waals surface area (Å²) in [6.45, 7) is 6.41. The first kappa shape index (κ1) is 14.3. The van der Waals surface area contributed by atoms with Gasteiger partial charge in [-0.2, -0.15) is 0 Å². The predicted octanol–water partition coefficient (Wildman–Crippen LogP) is 3.64. The van der Waals surface area contributed by atoms with Gasteiger partial charge in [0, 0.05) is 29.1 Å². The summed E-state index contributed by atoms with van der Waals surface area (Å²) in [6.07, 6.45) is 4.26. The van der Waals surface area contributed by atoms with E-state index < -0.39 is 5.60 Å². The molecule has 1 fully saturated rings. The van der Waals surface area contributed by atoms with E-state index in [4.69, 9.17) is 0 Å². The van der Waals surface area contributed by atoms with Crippen LogP contribution in [0.25, 0.3) is 10.9 Å². The topological polar surface area (TPSA) is 39.3 Å². The molecule has 0 aliphatic carbocycles. The lowest BCUT2D eigenvalue weighted by Crippen LogP contribution is -2.50. The molecular formula is C19H26N2O. The maximum Gasteiger partial charge on any atom is 0.0664 e. The van der Waals surface area contributed by atoms with Crippen molar-refractivity contribution in [1.29, 1.82) is 0 Å². The van der Waals surface area contributed by atoms with Crippen LogP contribution in [0.15, 0.2) is 24.3 Å². The van der Waals surface area contributed by atoms with E-state index in [-0.39, 0.29) is 0 Å². The van der Waals surface area contributed by atoms with Crippen LogP contribution in [0.4, 0.5) is 0 Å². The molecule has 3 nitrogen and oxygen atoms in total. The molecule has 4 rings (SSSR count). The van der Waals surface area contributed by atoms with Crippen LogP contribution in [0.5, 0.6) is 0 Å². The number of benzene rings is 1. The molecule has 1 aromatic carbocycles. The van der Waals surface area contributed by atoms with E-state index in [1.165, 1.54) is 28.6 Å². The molecule has 2 aliphatic heterocycles. The average Bonchev–Trinajstić information content (AvgIpc) is 2.93. The normalized spacial score (nSPS) is 28.1. The fourth-order valence-electron chi connectivity index (χ4n) is 4.61. The van der Waals surface area contributed by atoms with Crippen molar-refractivity contribution in [3.8, 4) is 0 Å². The molecular weight excluding hydrogens is 272 g/mol. The first-order chi connectivity index (χ1) is 10.6. The molecule has 0 radical (unpaired) electrons. The van der Waals surface area contributed by atoms with Crippen molar-refractivity contribution in [2.75, 3.05) is 13.1 Å². The van der Waals surface area contributed by atoms with Gasteiger partial charge in [0.15, 0.2) is 0 Å². The summed E-state index contributed by atoms with van der Waals surface area (Å²) in [6, 6.07) is 8.98. The number of nitrogens with one attached hydrogen (secondary N) is 1. The Morgan fingerprint density at radius 3 is 2.95 bits per heavy atom. The maximum atomic E-state index is 10.9. The lowest BCUT2D eigenvalue weighted by atomic mass is 9.73. The van der Waals surface area contributed by atoms with Gasteiger partial charge in [-0.3, -0.25) is 4.90 Å². The first-order valence-electron chi connectivity index (χ1n) is 8.67. The lowest BCUT2D eigenvalue weighted by molar-refractivity contribution is -0.0709. The second kappa shape index (κ2) is 5.10. The second-order valence-electron chi connectivity index (χ2n) is 7.25. The van der Waals surface area contributed by atoms with E-state index in [9.17, 15) is 5.11 Å². The van der Waals surface area contributed by atoms with Crippen molar-refractivity contribution in [2.45, 2.75) is 51.2 Å². The molecule has 2 N–H and O–H groups in total. The summed E-state index contributed by atoms with van der Waals surface area (Å²) in [4.78, 5) is 6.28. The minimum atomic E-state index is -0.588. The summed E-state index contributed by atoms with van der Waals surface area (Å²) in [5.74, 6) is 0.318. The van der Waals surface area contributed by atoms with E-state index in [1.807, 2.05) is 6.92 Å². The molecule has 118 valence electrons. The smallest absolute Gasteiger partial charge is 0.0664 e. The Balaban J connectivity index is 1.85. The highest BCUT2D eigenvalue weighted by Crippen LogP contribution is 2.47. The Morgan fingerprint density at radius 2 is 2.14 bits per heavy atom. The fourth-order valence-corrected chi connectivity index (χ4v) is 4.61. The molecule has 0 bridgehead atoms. The van der Waals surface area contributed by atoms with Gasteiger partial charge < -0.3 is 10.1 Å². The quantitative estimate of drug-likeness (QED) is 0.888. The third kappa shape index (κ3) is 2.03. The fraction of sp³-hybridized carbons (Fsp3) is 0.579. The van der Waals surface area contributed by atoms with Crippen molar-refractivity contribution in [1.82, 2.24) is 9.88 Å². The van der Waals surface area contributed by atoms with Crippen LogP contribution in [-0.4, -0.2) is 33.7 Å². The zero-order valence-corrected chi connectivity index (χ0v) is 13.6. The van der Waals surface area contributed by atoms with Gasteiger partial charge in [-0.05, 0) is 50.8 Å². The molecule has 0 spiro atoms. The number of aliphatic hydroxyl groups is 1. The standard InChI is InChI=1S/C19H26N2O/c1-3-19(2,22)15-8-6-11-21-12-10-14-13-7-4-5-9-16(13)20-17(14)18(15)21/h4-5,7,9,15,18,20,22H,3,6,8,10-12H2,1-2H3. The molecule has 2 aromatic rings. The van der Waals surface area contributed by atoms with Gasteiger partial charge in [0.25, 0.3) is 0 Å². The highest BCUT2D eigenvalue weighted by molar-refractivity contribution is 5.85. The zero-order chi connectivity index (χ0) is 15.3. The van der Waals surface area contributed by atoms with Crippen LogP contribution in [-0.2, 0) is 6.42 Å². The Labute approximate surface area is 132 Å². The van der Waals surface area contributed by atoms with Gasteiger partial charge in [0.05, 0.1) is 11.6 Å². The van der Waals surface area contributed by atoms with Crippen molar-refractivity contribution in [2.24, 2.45) is 5.92 Å². The van der Waals surface area contributed by atoms with Crippen molar-refractivity contribution >= 4 is 10.9 Å². The largest absolute Gasteiger partial charge is 0.390 e. The van der Waals surface area contributed by atoms with Crippen LogP contribution < -0.4 is 0 Å². The van der Waals surface area contributed by atoms with E-state index in [2.05, 4.69) is 41.1 Å². The molecule has 1 saturated heterocycles. The van der Waals surface area contributed by atoms with Crippen molar-refractivity contribution < 1.29 is 5.11 Å². The highest BCUT2D eigenvalue weighted by atomic mass is 16.3. The van der Waals surface area contributed by atoms with Gasteiger partial charge in [0.1, 0.15) is 0 Å². The van der Waals surface area contributed by atoms with Gasteiger partial charge in [-0.25, -0.2) is 0 Å². The van der Waals surface area contributed by atoms with Gasteiger partial charge in [-0.1, -0.05) is 25.1 Å². The monoisotopic (exact) mass is 298 g/mol. The van der Waals surface area contributed by atoms with Crippen LogP contribution in [0.3, 0.4) is 0 Å². The SMILES string of the molecule is CCC(C)(O)C1CCCN2CCc3c([nH]c4ccccc34)C12. The summed E-state index contributed by atoms with van der Waals surface area (Å²) >= 11 is 0. The van der Waals surface area contributed by atoms with Crippen LogP contribution >= 0.6 is 0 Å². The summed E-state index contributed by atoms with van der Waals surface area (Å²) < 4.78 is 0. The molecule has 0 saturated carbocycles. The Kier molecular flexibility index (Phi) is 3.31. The van der Waals surface area contributed by atoms with E-state index in [0.717, 1.165) is 32.4 Å². The van der Waals surface area contributed by atoms with Crippen molar-refractivity contribution in [3.05, 3.63) is 35.5 Å². The van der Waals surface area contributed by atoms with E-state index >= 15 is 0 Å². The maximum absolute atomic E-state index is 10.9. The molecule has 0 amide bonds. The number of rotatable bonds is 2. The van der Waals surface area contributed by atoms with E-state index in [1.54, 1.807) is 0 Å². The molecule has 3 heteroatoms. The number of hydrogen-bond acceptors (Lipinski definition) is 2. The molecule has 3 atom stereocenters. The average molecular weight is 298 g/mol. The minimum absolute atomic E-state index is 0.318. The van der Waals surface area contributed by atoms with E-state index in [0.29, 0.717) is 12.0 Å². The molecule has 2 aliphatic rings. The number of aromatic nitrogens is 1. The number of piperidine rings is 1. The van der Waals surface area contributed by atoms with Gasteiger partial charge in [-0.15, -0.1) is 0 Å². The number of fused-ring (bicyclic) bond motifs is 5. The molecule has 22 heavy (non-hydrogen) atoms. The summed E-state index contributed by atoms with van der Waals surface area (Å²) in [5.41, 5.74) is 3.51. The molecule has 1 aromatic heterocycles. The van der Waals surface area contributed by atoms with Crippen molar-refractivity contribution in [3.63, 3.8) is 0 Å². The molecule has 3 unspecified atom stereocenters. The number of para-hydroxylation sites is 1. The first-order valence-corrected chi connectivity index (χ1v) is 8.67. The van der Waals surface area contributed by atoms with Crippen LogP contribution in [0.1, 0.15) is 50.4 Å². The molecule has 3 heterocycles. The van der Waals surface area contributed by atoms with Gasteiger partial charge >= 0.3 is 0 Å². The third-order valence-electron chi connectivity index (χ3n) is 6.04. The predicted molar refractivity (Wildman–Crippen MR) is 90.0 cm³/mol. The highest BCUT2D eigenvalue weighted by Gasteiger charge is 2.45. The summed E-state index contributed by atoms with van der Waals surface area (Å²) in [7, 11) is 0. The third-order valence-corrected chi connectivity index (χ3v) is 6.04. The van der Waals surface area contributed by atoms with Crippen LogP contribution in [0.2, 0.25) is 0 Å². The number of nitrogens with zero attached hydrogens (tertiary/aromatic N) is 1. The Morgan fingerprint density at radius 1 is 1.32 bits per heavy atom. The number of hydrogen-bond donors (Lipinski definition) is 2. The Bertz CT molecular complexity index is 688. The minimum Gasteiger partial charge on any atom is -0.390 e. The number of H-pyrrole nitrogens is 1. The lowest BCUT2D eigenvalue weighted by Gasteiger charge is -2.49. The second-order valence-corrected chi connectivity index (χ2v) is 7.25. The number of aromatic amines is 1. The van der Waals surface area contributed by atoms with Gasteiger partial charge in [0.2, 0.25) is 0 Å². The Hall–Kier alpha value is -1.32. The zero-order valence-electron chi connectivity index (χ0n) is 13.6. The summed E-state index contributed by atoms with van der Waals surface area (Å²) in [5, 5.41) is 12.3.